The molecule has 106 valence electrons. The van der Waals surface area contributed by atoms with Gasteiger partial charge in [-0.25, -0.2) is 0 Å². The molecule has 0 atom stereocenters. The highest BCUT2D eigenvalue weighted by Gasteiger charge is 2.34. The minimum atomic E-state index is -4.42. The number of nitrogens with zero attached hydrogens (tertiary/aromatic N) is 2. The second-order valence-corrected chi connectivity index (χ2v) is 5.07. The van der Waals surface area contributed by atoms with E-state index in [1.807, 2.05) is 0 Å². The molecule has 0 radical (unpaired) electrons. The van der Waals surface area contributed by atoms with Gasteiger partial charge in [0.25, 0.3) is 0 Å². The van der Waals surface area contributed by atoms with Crippen LogP contribution in [0.25, 0.3) is 0 Å². The lowest BCUT2D eigenvalue weighted by Crippen LogP contribution is -2.31. The molecule has 0 aliphatic heterocycles. The number of Topliss-reactive ketones (excluding diaryl/α,β-unsaturated/α-hetero) is 1. The number of carbonyl (C=O) groups excluding carboxylic acids is 1. The monoisotopic (exact) mass is 282 g/mol. The second-order valence-electron chi connectivity index (χ2n) is 5.07. The van der Waals surface area contributed by atoms with E-state index in [1.165, 1.54) is 0 Å². The number of carbonyl (C=O) groups is 1. The molecule has 0 saturated heterocycles. The zero-order chi connectivity index (χ0) is 14.8. The van der Waals surface area contributed by atoms with Crippen molar-refractivity contribution in [3.8, 4) is 6.07 Å². The Morgan fingerprint density at radius 2 is 2.15 bits per heavy atom. The number of alkyl halides is 3. The number of ketones is 1. The maximum absolute atomic E-state index is 12.5. The van der Waals surface area contributed by atoms with Crippen molar-refractivity contribution in [3.63, 3.8) is 0 Å². The number of pyridine rings is 1. The van der Waals surface area contributed by atoms with Crippen LogP contribution in [0.3, 0.4) is 0 Å². The van der Waals surface area contributed by atoms with E-state index in [1.54, 1.807) is 0 Å². The molecule has 1 aliphatic rings. The zero-order valence-corrected chi connectivity index (χ0v) is 10.7. The number of nitriles is 1. The molecule has 1 heterocycles. The molecule has 6 heteroatoms. The maximum Gasteiger partial charge on any atom is 0.416 e. The van der Waals surface area contributed by atoms with E-state index >= 15 is 0 Å². The Morgan fingerprint density at radius 1 is 1.45 bits per heavy atom. The lowest BCUT2D eigenvalue weighted by Gasteiger charge is -2.32. The second kappa shape index (κ2) is 5.61. The molecule has 0 spiro atoms. The van der Waals surface area contributed by atoms with Crippen molar-refractivity contribution in [1.82, 2.24) is 4.98 Å². The molecule has 1 saturated carbocycles. The van der Waals surface area contributed by atoms with Crippen LogP contribution in [0, 0.1) is 23.2 Å². The van der Waals surface area contributed by atoms with E-state index in [2.05, 4.69) is 11.1 Å². The van der Waals surface area contributed by atoms with Crippen LogP contribution in [0.4, 0.5) is 13.2 Å². The molecule has 1 aliphatic carbocycles. The summed E-state index contributed by atoms with van der Waals surface area (Å²) in [7, 11) is 0. The number of hydrogen-bond acceptors (Lipinski definition) is 3. The van der Waals surface area contributed by atoms with Crippen LogP contribution in [-0.4, -0.2) is 10.8 Å². The fraction of sp³-hybridized carbons (Fsp3) is 0.500. The molecule has 1 aromatic rings. The van der Waals surface area contributed by atoms with Crippen molar-refractivity contribution >= 4 is 5.78 Å². The molecule has 3 nitrogen and oxygen atoms in total. The summed E-state index contributed by atoms with van der Waals surface area (Å²) in [5.74, 6) is 0.0270. The van der Waals surface area contributed by atoms with Crippen LogP contribution >= 0.6 is 0 Å². The first kappa shape index (κ1) is 14.5. The van der Waals surface area contributed by atoms with Crippen molar-refractivity contribution in [1.29, 1.82) is 5.26 Å². The highest BCUT2D eigenvalue weighted by Crippen LogP contribution is 2.37. The molecule has 0 aromatic carbocycles. The lowest BCUT2D eigenvalue weighted by atomic mass is 9.71. The molecule has 1 fully saturated rings. The molecular formula is C14H13F3N2O. The highest BCUT2D eigenvalue weighted by atomic mass is 19.4. The van der Waals surface area contributed by atoms with Gasteiger partial charge < -0.3 is 0 Å². The molecule has 0 N–H and O–H groups in total. The first-order valence-corrected chi connectivity index (χ1v) is 6.32. The van der Waals surface area contributed by atoms with Crippen LogP contribution < -0.4 is 0 Å². The quantitative estimate of drug-likeness (QED) is 0.852. The summed E-state index contributed by atoms with van der Waals surface area (Å²) in [6.07, 6.45) is -1.67. The van der Waals surface area contributed by atoms with Crippen molar-refractivity contribution in [3.05, 3.63) is 29.6 Å². The van der Waals surface area contributed by atoms with Gasteiger partial charge in [0.1, 0.15) is 5.78 Å². The number of hydrogen-bond donors (Lipinski definition) is 0. The van der Waals surface area contributed by atoms with E-state index < -0.39 is 11.7 Å². The minimum absolute atomic E-state index is 0.0755. The van der Waals surface area contributed by atoms with Crippen molar-refractivity contribution < 1.29 is 18.0 Å². The summed E-state index contributed by atoms with van der Waals surface area (Å²) < 4.78 is 37.6. The molecule has 0 bridgehead atoms. The normalized spacial score (nSPS) is 21.9. The fourth-order valence-electron chi connectivity index (χ4n) is 2.37. The molecule has 2 rings (SSSR count). The van der Waals surface area contributed by atoms with Crippen LogP contribution in [0.5, 0.6) is 0 Å². The SMILES string of the molecule is N#CCC1CC(C(=O)Cc2cc(C(F)(F)F)ccn2)C1. The van der Waals surface area contributed by atoms with Gasteiger partial charge in [-0.3, -0.25) is 9.78 Å². The van der Waals surface area contributed by atoms with E-state index in [4.69, 9.17) is 5.26 Å². The smallest absolute Gasteiger partial charge is 0.299 e. The Bertz CT molecular complexity index is 542. The summed E-state index contributed by atoms with van der Waals surface area (Å²) in [5.41, 5.74) is -0.639. The van der Waals surface area contributed by atoms with Crippen LogP contribution in [0.15, 0.2) is 18.3 Å². The average molecular weight is 282 g/mol. The van der Waals surface area contributed by atoms with E-state index in [0.29, 0.717) is 19.3 Å². The summed E-state index contributed by atoms with van der Waals surface area (Å²) in [5, 5.41) is 8.52. The summed E-state index contributed by atoms with van der Waals surface area (Å²) in [4.78, 5) is 15.7. The Kier molecular flexibility index (Phi) is 4.07. The highest BCUT2D eigenvalue weighted by molar-refractivity contribution is 5.83. The zero-order valence-electron chi connectivity index (χ0n) is 10.7. The Labute approximate surface area is 114 Å². The summed E-state index contributed by atoms with van der Waals surface area (Å²) in [6.45, 7) is 0. The third kappa shape index (κ3) is 3.35. The van der Waals surface area contributed by atoms with Gasteiger partial charge in [-0.1, -0.05) is 0 Å². The minimum Gasteiger partial charge on any atom is -0.299 e. The van der Waals surface area contributed by atoms with Gasteiger partial charge in [-0.05, 0) is 30.9 Å². The lowest BCUT2D eigenvalue weighted by molar-refractivity contribution is -0.137. The van der Waals surface area contributed by atoms with Gasteiger partial charge in [-0.2, -0.15) is 18.4 Å². The molecular weight excluding hydrogens is 269 g/mol. The van der Waals surface area contributed by atoms with E-state index in [-0.39, 0.29) is 29.7 Å². The van der Waals surface area contributed by atoms with Crippen LogP contribution in [-0.2, 0) is 17.4 Å². The largest absolute Gasteiger partial charge is 0.416 e. The third-order valence-electron chi connectivity index (χ3n) is 3.57. The Morgan fingerprint density at radius 3 is 2.75 bits per heavy atom. The molecule has 0 unspecified atom stereocenters. The molecule has 0 amide bonds. The Balaban J connectivity index is 1.94. The van der Waals surface area contributed by atoms with Crippen LogP contribution in [0.2, 0.25) is 0 Å². The van der Waals surface area contributed by atoms with Gasteiger partial charge in [0, 0.05) is 30.7 Å². The summed E-state index contributed by atoms with van der Waals surface area (Å²) >= 11 is 0. The third-order valence-corrected chi connectivity index (χ3v) is 3.57. The van der Waals surface area contributed by atoms with E-state index in [0.717, 1.165) is 18.3 Å². The van der Waals surface area contributed by atoms with E-state index in [9.17, 15) is 18.0 Å². The number of halogens is 3. The van der Waals surface area contributed by atoms with Crippen LogP contribution in [0.1, 0.15) is 30.5 Å². The number of aromatic nitrogens is 1. The van der Waals surface area contributed by atoms with Crippen molar-refractivity contribution in [2.75, 3.05) is 0 Å². The predicted octanol–water partition coefficient (Wildman–Crippen LogP) is 3.15. The number of rotatable bonds is 4. The molecule has 1 aromatic heterocycles. The average Bonchev–Trinajstić information content (AvgIpc) is 2.32. The topological polar surface area (TPSA) is 53.8 Å². The van der Waals surface area contributed by atoms with Gasteiger partial charge in [0.2, 0.25) is 0 Å². The van der Waals surface area contributed by atoms with Crippen molar-refractivity contribution in [2.24, 2.45) is 11.8 Å². The first-order valence-electron chi connectivity index (χ1n) is 6.32. The first-order chi connectivity index (χ1) is 9.40. The van der Waals surface area contributed by atoms with Crippen molar-refractivity contribution in [2.45, 2.75) is 31.9 Å². The summed E-state index contributed by atoms with van der Waals surface area (Å²) in [6, 6.07) is 3.86. The van der Waals surface area contributed by atoms with Gasteiger partial charge >= 0.3 is 6.18 Å². The maximum atomic E-state index is 12.5. The Hall–Kier alpha value is -1.90. The molecule has 20 heavy (non-hydrogen) atoms. The standard InChI is InChI=1S/C14H13F3N2O/c15-14(16,17)11-2-4-19-12(7-11)8-13(20)10-5-9(6-10)1-3-18/h2,4,7,9-10H,1,5-6,8H2. The van der Waals surface area contributed by atoms with Gasteiger partial charge in [0.15, 0.2) is 0 Å². The fourth-order valence-corrected chi connectivity index (χ4v) is 2.37. The predicted molar refractivity (Wildman–Crippen MR) is 64.4 cm³/mol. The van der Waals surface area contributed by atoms with Gasteiger partial charge in [0.05, 0.1) is 11.6 Å². The van der Waals surface area contributed by atoms with Gasteiger partial charge in [-0.15, -0.1) is 0 Å².